The Morgan fingerprint density at radius 2 is 1.81 bits per heavy atom. The van der Waals surface area contributed by atoms with Crippen LogP contribution in [0.4, 0.5) is 13.2 Å². The number of aromatic carboxylic acids is 1. The highest BCUT2D eigenvalue weighted by atomic mass is 32.2. The number of unbranched alkanes of at least 4 members (excludes halogenated alkanes) is 1. The highest BCUT2D eigenvalue weighted by Gasteiger charge is 2.33. The van der Waals surface area contributed by atoms with Crippen LogP contribution in [0.5, 0.6) is 0 Å². The third-order valence-electron chi connectivity index (χ3n) is 4.99. The van der Waals surface area contributed by atoms with Crippen molar-refractivity contribution in [3.63, 3.8) is 0 Å². The molecule has 0 radical (unpaired) electrons. The lowest BCUT2D eigenvalue weighted by molar-refractivity contribution is -0.0330. The Hall–Kier alpha value is -2.78. The molecule has 0 bridgehead atoms. The van der Waals surface area contributed by atoms with Gasteiger partial charge < -0.3 is 14.8 Å². The molecule has 3 aromatic rings. The van der Waals surface area contributed by atoms with E-state index < -0.39 is 18.1 Å². The molecule has 2 N–H and O–H groups in total. The van der Waals surface area contributed by atoms with E-state index in [2.05, 4.69) is 4.98 Å². The van der Waals surface area contributed by atoms with E-state index in [9.17, 15) is 28.2 Å². The zero-order chi connectivity index (χ0) is 23.3. The standard InChI is InChI=1S/C23H23F3N2O3S/c1-2-3-8-20-27-21(32-23(24,25)26)19(14-29)28(20)13-15-9-11-16(12-10-15)17-6-4-5-7-18(17)22(30)31/h4-7,9-12,29H,2-3,8,13-14H2,1H3,(H,30,31). The van der Waals surface area contributed by atoms with Gasteiger partial charge in [-0.25, -0.2) is 9.78 Å². The van der Waals surface area contributed by atoms with Crippen LogP contribution < -0.4 is 0 Å². The van der Waals surface area contributed by atoms with E-state index >= 15 is 0 Å². The number of rotatable bonds is 9. The second-order valence-corrected chi connectivity index (χ2v) is 8.28. The zero-order valence-electron chi connectivity index (χ0n) is 17.4. The lowest BCUT2D eigenvalue weighted by Crippen LogP contribution is -2.10. The number of carbonyl (C=O) groups is 1. The molecule has 3 rings (SSSR count). The van der Waals surface area contributed by atoms with Gasteiger partial charge in [-0.3, -0.25) is 0 Å². The van der Waals surface area contributed by atoms with E-state index in [4.69, 9.17) is 0 Å². The van der Waals surface area contributed by atoms with Gasteiger partial charge in [0.2, 0.25) is 0 Å². The summed E-state index contributed by atoms with van der Waals surface area (Å²) in [5, 5.41) is 19.0. The van der Waals surface area contributed by atoms with E-state index in [1.165, 1.54) is 6.07 Å². The van der Waals surface area contributed by atoms with Crippen molar-refractivity contribution in [3.8, 4) is 11.1 Å². The number of aromatic nitrogens is 2. The van der Waals surface area contributed by atoms with Crippen molar-refractivity contribution in [2.24, 2.45) is 0 Å². The number of halogens is 3. The molecule has 2 aromatic carbocycles. The highest BCUT2D eigenvalue weighted by Crippen LogP contribution is 2.38. The Bertz CT molecular complexity index is 1080. The number of carboxylic acid groups (broad SMARTS) is 1. The van der Waals surface area contributed by atoms with E-state index in [1.807, 2.05) is 6.92 Å². The first-order chi connectivity index (χ1) is 15.2. The van der Waals surface area contributed by atoms with Crippen LogP contribution >= 0.6 is 11.8 Å². The number of thioether (sulfide) groups is 1. The molecule has 1 aromatic heterocycles. The topological polar surface area (TPSA) is 75.4 Å². The molecule has 5 nitrogen and oxygen atoms in total. The molecule has 32 heavy (non-hydrogen) atoms. The number of carboxylic acids is 1. The fourth-order valence-electron chi connectivity index (χ4n) is 3.46. The number of aliphatic hydroxyl groups is 1. The summed E-state index contributed by atoms with van der Waals surface area (Å²) < 4.78 is 40.5. The van der Waals surface area contributed by atoms with Gasteiger partial charge in [-0.05, 0) is 29.2 Å². The zero-order valence-corrected chi connectivity index (χ0v) is 18.2. The summed E-state index contributed by atoms with van der Waals surface area (Å²) in [6, 6.07) is 13.8. The first kappa shape index (κ1) is 23.9. The average Bonchev–Trinajstić information content (AvgIpc) is 3.06. The number of nitrogens with zero attached hydrogens (tertiary/aromatic N) is 2. The number of alkyl halides is 3. The van der Waals surface area contributed by atoms with Crippen molar-refractivity contribution in [1.29, 1.82) is 0 Å². The normalized spacial score (nSPS) is 11.7. The fraction of sp³-hybridized carbons (Fsp3) is 0.304. The van der Waals surface area contributed by atoms with Gasteiger partial charge in [-0.15, -0.1) is 0 Å². The van der Waals surface area contributed by atoms with Gasteiger partial charge in [0.15, 0.2) is 0 Å². The van der Waals surface area contributed by atoms with Crippen LogP contribution in [-0.4, -0.2) is 31.2 Å². The largest absolute Gasteiger partial charge is 0.478 e. The number of aryl methyl sites for hydroxylation is 1. The predicted molar refractivity (Wildman–Crippen MR) is 117 cm³/mol. The maximum Gasteiger partial charge on any atom is 0.447 e. The van der Waals surface area contributed by atoms with Gasteiger partial charge in [-0.1, -0.05) is 55.8 Å². The van der Waals surface area contributed by atoms with Gasteiger partial charge in [-0.2, -0.15) is 13.2 Å². The molecule has 0 unspecified atom stereocenters. The van der Waals surface area contributed by atoms with Gasteiger partial charge in [0, 0.05) is 24.7 Å². The minimum atomic E-state index is -4.50. The van der Waals surface area contributed by atoms with E-state index in [0.717, 1.165) is 24.0 Å². The summed E-state index contributed by atoms with van der Waals surface area (Å²) in [5.41, 5.74) is -2.07. The Balaban J connectivity index is 1.93. The first-order valence-electron chi connectivity index (χ1n) is 10.1. The van der Waals surface area contributed by atoms with Crippen LogP contribution in [0.3, 0.4) is 0 Å². The third-order valence-corrected chi connectivity index (χ3v) is 5.75. The Labute approximate surface area is 187 Å². The molecule has 0 saturated heterocycles. The van der Waals surface area contributed by atoms with Gasteiger partial charge in [0.1, 0.15) is 10.9 Å². The van der Waals surface area contributed by atoms with Crippen molar-refractivity contribution in [1.82, 2.24) is 9.55 Å². The van der Waals surface area contributed by atoms with Crippen molar-refractivity contribution >= 4 is 17.7 Å². The molecule has 0 fully saturated rings. The second kappa shape index (κ2) is 10.2. The number of benzene rings is 2. The molecule has 170 valence electrons. The summed E-state index contributed by atoms with van der Waals surface area (Å²) in [5.74, 6) is -0.520. The van der Waals surface area contributed by atoms with Gasteiger partial charge in [0.25, 0.3) is 0 Å². The quantitative estimate of drug-likeness (QED) is 0.395. The van der Waals surface area contributed by atoms with Crippen molar-refractivity contribution in [2.45, 2.75) is 49.9 Å². The first-order valence-corrected chi connectivity index (χ1v) is 10.9. The van der Waals surface area contributed by atoms with E-state index in [1.54, 1.807) is 47.0 Å². The Morgan fingerprint density at radius 1 is 1.12 bits per heavy atom. The molecule has 0 spiro atoms. The van der Waals surface area contributed by atoms with Crippen molar-refractivity contribution in [2.75, 3.05) is 0 Å². The van der Waals surface area contributed by atoms with Crippen LogP contribution in [-0.2, 0) is 19.6 Å². The molecule has 9 heteroatoms. The molecule has 0 saturated carbocycles. The molecule has 1 heterocycles. The van der Waals surface area contributed by atoms with E-state index in [0.29, 0.717) is 17.8 Å². The molecular formula is C23H23F3N2O3S. The monoisotopic (exact) mass is 464 g/mol. The molecule has 0 amide bonds. The maximum atomic E-state index is 13.0. The van der Waals surface area contributed by atoms with Gasteiger partial charge >= 0.3 is 11.5 Å². The Morgan fingerprint density at radius 3 is 2.41 bits per heavy atom. The Kier molecular flexibility index (Phi) is 7.63. The minimum absolute atomic E-state index is 0.138. The SMILES string of the molecule is CCCCc1nc(SC(F)(F)F)c(CO)n1Cc1ccc(-c2ccccc2C(=O)O)cc1. The average molecular weight is 465 g/mol. The second-order valence-electron chi connectivity index (χ2n) is 7.22. The van der Waals surface area contributed by atoms with Crippen molar-refractivity contribution < 1.29 is 28.2 Å². The molecule has 0 atom stereocenters. The molecular weight excluding hydrogens is 441 g/mol. The maximum absolute atomic E-state index is 13.0. The van der Waals surface area contributed by atoms with E-state index in [-0.39, 0.29) is 34.6 Å². The summed E-state index contributed by atoms with van der Waals surface area (Å²) in [4.78, 5) is 15.7. The van der Waals surface area contributed by atoms with Crippen LogP contribution in [0, 0.1) is 0 Å². The molecule has 0 aliphatic rings. The molecule has 0 aliphatic heterocycles. The lowest BCUT2D eigenvalue weighted by Gasteiger charge is -2.13. The summed E-state index contributed by atoms with van der Waals surface area (Å²) in [6.45, 7) is 1.68. The highest BCUT2D eigenvalue weighted by molar-refractivity contribution is 8.00. The summed E-state index contributed by atoms with van der Waals surface area (Å²) in [7, 11) is 0. The molecule has 0 aliphatic carbocycles. The summed E-state index contributed by atoms with van der Waals surface area (Å²) in [6.07, 6.45) is 2.13. The van der Waals surface area contributed by atoms with Crippen molar-refractivity contribution in [3.05, 3.63) is 71.2 Å². The van der Waals surface area contributed by atoms with Crippen LogP contribution in [0.1, 0.15) is 47.2 Å². The van der Waals surface area contributed by atoms with Crippen LogP contribution in [0.2, 0.25) is 0 Å². The third kappa shape index (κ3) is 5.72. The van der Waals surface area contributed by atoms with Gasteiger partial charge in [0.05, 0.1) is 17.9 Å². The number of imidazole rings is 1. The number of aliphatic hydroxyl groups excluding tert-OH is 1. The fourth-order valence-corrected chi connectivity index (χ4v) is 4.13. The summed E-state index contributed by atoms with van der Waals surface area (Å²) >= 11 is -0.313. The number of hydrogen-bond donors (Lipinski definition) is 2. The minimum Gasteiger partial charge on any atom is -0.478 e. The van der Waals surface area contributed by atoms with Crippen LogP contribution in [0.25, 0.3) is 11.1 Å². The smallest absolute Gasteiger partial charge is 0.447 e. The predicted octanol–water partition coefficient (Wildman–Crippen LogP) is 5.74. The van der Waals surface area contributed by atoms with Crippen LogP contribution in [0.15, 0.2) is 53.6 Å². The lowest BCUT2D eigenvalue weighted by atomic mass is 9.99. The number of hydrogen-bond acceptors (Lipinski definition) is 4.